The minimum absolute atomic E-state index is 0.139. The van der Waals surface area contributed by atoms with Crippen LogP contribution >= 0.6 is 11.6 Å². The van der Waals surface area contributed by atoms with Crippen molar-refractivity contribution in [3.63, 3.8) is 0 Å². The van der Waals surface area contributed by atoms with E-state index in [4.69, 9.17) is 16.9 Å². The molecule has 0 unspecified atom stereocenters. The van der Waals surface area contributed by atoms with Crippen molar-refractivity contribution < 1.29 is 4.79 Å². The first-order valence-electron chi connectivity index (χ1n) is 5.56. The van der Waals surface area contributed by atoms with Crippen LogP contribution in [0.3, 0.4) is 0 Å². The maximum Gasteiger partial charge on any atom is 0.266 e. The van der Waals surface area contributed by atoms with E-state index < -0.39 is 0 Å². The van der Waals surface area contributed by atoms with Gasteiger partial charge in [0.25, 0.3) is 5.91 Å². The molecule has 1 saturated heterocycles. The van der Waals surface area contributed by atoms with Gasteiger partial charge in [-0.15, -0.1) is 11.6 Å². The first-order chi connectivity index (χ1) is 8.19. The smallest absolute Gasteiger partial charge is 0.266 e. The number of carbonyl (C=O) groups excluding carboxylic acids is 1. The zero-order valence-corrected chi connectivity index (χ0v) is 10.7. The molecule has 1 heterocycles. The third kappa shape index (κ3) is 4.25. The van der Waals surface area contributed by atoms with E-state index in [1.807, 2.05) is 13.1 Å². The summed E-state index contributed by atoms with van der Waals surface area (Å²) in [6.07, 6.45) is 1.45. The Morgan fingerprint density at radius 2 is 2.12 bits per heavy atom. The predicted octanol–water partition coefficient (Wildman–Crippen LogP) is -0.00372. The molecule has 1 rings (SSSR count). The molecule has 0 atom stereocenters. The van der Waals surface area contributed by atoms with Crippen LogP contribution in [0.25, 0.3) is 0 Å². The van der Waals surface area contributed by atoms with E-state index in [0.29, 0.717) is 25.5 Å². The highest BCUT2D eigenvalue weighted by atomic mass is 35.5. The Hall–Kier alpha value is -1.25. The molecule has 0 radical (unpaired) electrons. The Kier molecular flexibility index (Phi) is 5.81. The molecule has 0 aromatic heterocycles. The quantitative estimate of drug-likeness (QED) is 0.333. The number of nitriles is 1. The van der Waals surface area contributed by atoms with Crippen LogP contribution in [-0.2, 0) is 4.79 Å². The number of hydrogen-bond acceptors (Lipinski definition) is 4. The SMILES string of the molecule is CN1CCN(C(=O)/C(C#N)=C\NCCCl)CC1. The number of halogens is 1. The number of alkyl halides is 1. The summed E-state index contributed by atoms with van der Waals surface area (Å²) in [4.78, 5) is 15.8. The standard InChI is InChI=1S/C11H17ClN4O/c1-15-4-6-16(7-5-15)11(17)10(8-13)9-14-3-2-12/h9,14H,2-7H2,1H3/b10-9-. The molecule has 17 heavy (non-hydrogen) atoms. The van der Waals surface area contributed by atoms with Crippen LogP contribution in [0.4, 0.5) is 0 Å². The third-order valence-corrected chi connectivity index (χ3v) is 2.82. The fourth-order valence-corrected chi connectivity index (χ4v) is 1.66. The van der Waals surface area contributed by atoms with Crippen molar-refractivity contribution in [1.29, 1.82) is 5.26 Å². The van der Waals surface area contributed by atoms with Crippen molar-refractivity contribution in [2.24, 2.45) is 0 Å². The van der Waals surface area contributed by atoms with Gasteiger partial charge in [-0.25, -0.2) is 0 Å². The number of likely N-dealkylation sites (N-methyl/N-ethyl adjacent to an activating group) is 1. The number of nitrogens with zero attached hydrogens (tertiary/aromatic N) is 3. The average Bonchev–Trinajstić information content (AvgIpc) is 2.35. The summed E-state index contributed by atoms with van der Waals surface area (Å²) >= 11 is 5.50. The van der Waals surface area contributed by atoms with E-state index in [-0.39, 0.29) is 11.5 Å². The summed E-state index contributed by atoms with van der Waals surface area (Å²) in [6.45, 7) is 3.58. The lowest BCUT2D eigenvalue weighted by Crippen LogP contribution is -2.47. The molecule has 0 aromatic carbocycles. The monoisotopic (exact) mass is 256 g/mol. The molecule has 0 aliphatic carbocycles. The second-order valence-electron chi connectivity index (χ2n) is 3.91. The van der Waals surface area contributed by atoms with Crippen molar-refractivity contribution >= 4 is 17.5 Å². The van der Waals surface area contributed by atoms with Crippen LogP contribution in [0.5, 0.6) is 0 Å². The van der Waals surface area contributed by atoms with Crippen molar-refractivity contribution in [1.82, 2.24) is 15.1 Å². The molecule has 0 saturated carbocycles. The molecule has 6 heteroatoms. The van der Waals surface area contributed by atoms with Crippen molar-refractivity contribution in [3.8, 4) is 6.07 Å². The van der Waals surface area contributed by atoms with Crippen LogP contribution in [-0.4, -0.2) is 61.4 Å². The molecule has 1 N–H and O–H groups in total. The number of piperazine rings is 1. The summed E-state index contributed by atoms with van der Waals surface area (Å²) in [6, 6.07) is 1.92. The summed E-state index contributed by atoms with van der Waals surface area (Å²) in [5, 5.41) is 11.8. The minimum Gasteiger partial charge on any atom is -0.388 e. The van der Waals surface area contributed by atoms with Crippen LogP contribution in [0.1, 0.15) is 0 Å². The molecule has 1 aliphatic rings. The van der Waals surface area contributed by atoms with E-state index >= 15 is 0 Å². The fourth-order valence-electron chi connectivity index (χ4n) is 1.55. The highest BCUT2D eigenvalue weighted by Gasteiger charge is 2.21. The topological polar surface area (TPSA) is 59.4 Å². The maximum absolute atomic E-state index is 12.0. The van der Waals surface area contributed by atoms with E-state index in [2.05, 4.69) is 10.2 Å². The van der Waals surface area contributed by atoms with Gasteiger partial charge in [0.2, 0.25) is 0 Å². The first-order valence-corrected chi connectivity index (χ1v) is 6.10. The zero-order chi connectivity index (χ0) is 12.7. The molecule has 5 nitrogen and oxygen atoms in total. The molecule has 1 aliphatic heterocycles. The minimum atomic E-state index is -0.206. The molecule has 0 aromatic rings. The average molecular weight is 257 g/mol. The fraction of sp³-hybridized carbons (Fsp3) is 0.636. The van der Waals surface area contributed by atoms with E-state index in [0.717, 1.165) is 13.1 Å². The van der Waals surface area contributed by atoms with Crippen LogP contribution < -0.4 is 5.32 Å². The van der Waals surface area contributed by atoms with Gasteiger partial charge in [-0.05, 0) is 7.05 Å². The van der Waals surface area contributed by atoms with Gasteiger partial charge in [0.1, 0.15) is 11.6 Å². The third-order valence-electron chi connectivity index (χ3n) is 2.63. The molecular formula is C11H17ClN4O. The van der Waals surface area contributed by atoms with Gasteiger partial charge in [0, 0.05) is 44.8 Å². The molecule has 1 amide bonds. The Morgan fingerprint density at radius 3 is 2.65 bits per heavy atom. The zero-order valence-electron chi connectivity index (χ0n) is 9.95. The highest BCUT2D eigenvalue weighted by molar-refractivity contribution is 6.18. The van der Waals surface area contributed by atoms with Gasteiger partial charge < -0.3 is 15.1 Å². The Bertz CT molecular complexity index is 329. The van der Waals surface area contributed by atoms with Crippen molar-refractivity contribution in [3.05, 3.63) is 11.8 Å². The van der Waals surface area contributed by atoms with E-state index in [1.54, 1.807) is 4.90 Å². The van der Waals surface area contributed by atoms with Crippen LogP contribution in [0, 0.1) is 11.3 Å². The van der Waals surface area contributed by atoms with Crippen LogP contribution in [0.2, 0.25) is 0 Å². The second-order valence-corrected chi connectivity index (χ2v) is 4.29. The number of carbonyl (C=O) groups is 1. The van der Waals surface area contributed by atoms with E-state index in [9.17, 15) is 4.79 Å². The number of amides is 1. The van der Waals surface area contributed by atoms with Gasteiger partial charge >= 0.3 is 0 Å². The molecule has 0 spiro atoms. The first kappa shape index (κ1) is 13.8. The Labute approximate surface area is 107 Å². The second kappa shape index (κ2) is 7.15. The lowest BCUT2D eigenvalue weighted by atomic mass is 10.2. The van der Waals surface area contributed by atoms with Gasteiger partial charge in [-0.3, -0.25) is 4.79 Å². The van der Waals surface area contributed by atoms with Crippen molar-refractivity contribution in [2.75, 3.05) is 45.7 Å². The van der Waals surface area contributed by atoms with Gasteiger partial charge in [0.15, 0.2) is 0 Å². The molecule has 1 fully saturated rings. The maximum atomic E-state index is 12.0. The molecular weight excluding hydrogens is 240 g/mol. The van der Waals surface area contributed by atoms with E-state index in [1.165, 1.54) is 6.20 Å². The van der Waals surface area contributed by atoms with Crippen LogP contribution in [0.15, 0.2) is 11.8 Å². The number of hydrogen-bond donors (Lipinski definition) is 1. The summed E-state index contributed by atoms with van der Waals surface area (Å²) in [5.74, 6) is 0.237. The summed E-state index contributed by atoms with van der Waals surface area (Å²) in [5.41, 5.74) is 0.139. The number of rotatable bonds is 4. The molecule has 0 bridgehead atoms. The predicted molar refractivity (Wildman–Crippen MR) is 66.5 cm³/mol. The number of nitrogens with one attached hydrogen (secondary N) is 1. The summed E-state index contributed by atoms with van der Waals surface area (Å²) in [7, 11) is 2.02. The van der Waals surface area contributed by atoms with Gasteiger partial charge in [-0.2, -0.15) is 5.26 Å². The lowest BCUT2D eigenvalue weighted by Gasteiger charge is -2.32. The highest BCUT2D eigenvalue weighted by Crippen LogP contribution is 2.05. The van der Waals surface area contributed by atoms with Gasteiger partial charge in [-0.1, -0.05) is 0 Å². The van der Waals surface area contributed by atoms with Gasteiger partial charge in [0.05, 0.1) is 0 Å². The lowest BCUT2D eigenvalue weighted by molar-refractivity contribution is -0.128. The largest absolute Gasteiger partial charge is 0.388 e. The Morgan fingerprint density at radius 1 is 1.47 bits per heavy atom. The normalized spacial score (nSPS) is 17.7. The summed E-state index contributed by atoms with van der Waals surface area (Å²) < 4.78 is 0. The molecule has 94 valence electrons. The Balaban J connectivity index is 2.55. The van der Waals surface area contributed by atoms with Crippen molar-refractivity contribution in [2.45, 2.75) is 0 Å².